The standard InChI is InChI=1S/C29H34N4O3S/c1-6-36-28(35)25-26(21-10-8-7-9-11-21)31-29-33(27(25)23-16-19(2)12-13-20(23)3)22(18-37-29)17-24(34)30-14-15-32(4)5/h7-13,16,18,27H,6,14-15,17H2,1-5H3,(H,30,34)/t27-/m1/s1. The van der Waals surface area contributed by atoms with Crippen molar-refractivity contribution in [2.45, 2.75) is 33.2 Å². The molecule has 0 aromatic heterocycles. The summed E-state index contributed by atoms with van der Waals surface area (Å²) in [5.74, 6) is -0.466. The van der Waals surface area contributed by atoms with Gasteiger partial charge in [0.15, 0.2) is 5.17 Å². The Hall–Kier alpha value is -3.36. The first-order valence-electron chi connectivity index (χ1n) is 12.5. The molecule has 0 spiro atoms. The average molecular weight is 519 g/mol. The summed E-state index contributed by atoms with van der Waals surface area (Å²) in [6.45, 7) is 7.48. The summed E-state index contributed by atoms with van der Waals surface area (Å²) in [7, 11) is 3.95. The van der Waals surface area contributed by atoms with Gasteiger partial charge in [0.25, 0.3) is 0 Å². The number of benzene rings is 2. The highest BCUT2D eigenvalue weighted by molar-refractivity contribution is 8.16. The number of hydrogen-bond acceptors (Lipinski definition) is 7. The number of amidine groups is 1. The number of aliphatic imine (C=N–C) groups is 1. The third kappa shape index (κ3) is 5.97. The molecule has 0 saturated carbocycles. The van der Waals surface area contributed by atoms with Gasteiger partial charge >= 0.3 is 5.97 Å². The number of ether oxygens (including phenoxy) is 1. The Labute approximate surface area is 223 Å². The molecule has 37 heavy (non-hydrogen) atoms. The highest BCUT2D eigenvalue weighted by Crippen LogP contribution is 2.47. The van der Waals surface area contributed by atoms with E-state index in [9.17, 15) is 9.59 Å². The van der Waals surface area contributed by atoms with Crippen LogP contribution in [0.3, 0.4) is 0 Å². The van der Waals surface area contributed by atoms with Crippen LogP contribution in [-0.4, -0.2) is 60.6 Å². The first-order valence-corrected chi connectivity index (χ1v) is 13.4. The Morgan fingerprint density at radius 2 is 1.89 bits per heavy atom. The van der Waals surface area contributed by atoms with Crippen LogP contribution in [-0.2, 0) is 14.3 Å². The summed E-state index contributed by atoms with van der Waals surface area (Å²) in [5.41, 5.74) is 5.88. The molecule has 4 rings (SSSR count). The SMILES string of the molecule is CCOC(=O)C1=C(c2ccccc2)N=C2SC=C(CC(=O)NCCN(C)C)N2[C@@H]1c1cc(C)ccc1C. The van der Waals surface area contributed by atoms with Crippen molar-refractivity contribution in [2.24, 2.45) is 4.99 Å². The van der Waals surface area contributed by atoms with E-state index in [1.54, 1.807) is 6.92 Å². The van der Waals surface area contributed by atoms with Crippen LogP contribution in [0.2, 0.25) is 0 Å². The number of rotatable bonds is 9. The van der Waals surface area contributed by atoms with Crippen LogP contribution >= 0.6 is 11.8 Å². The molecular formula is C29H34N4O3S. The van der Waals surface area contributed by atoms with E-state index < -0.39 is 12.0 Å². The number of carbonyl (C=O) groups excluding carboxylic acids is 2. The summed E-state index contributed by atoms with van der Waals surface area (Å²) in [4.78, 5) is 35.5. The molecule has 2 aromatic rings. The number of esters is 1. The molecule has 1 atom stereocenters. The minimum atomic E-state index is -0.475. The second-order valence-corrected chi connectivity index (χ2v) is 10.3. The fraction of sp³-hybridized carbons (Fsp3) is 0.345. The molecular weight excluding hydrogens is 484 g/mol. The summed E-state index contributed by atoms with van der Waals surface area (Å²) in [6, 6.07) is 15.5. The number of hydrogen-bond donors (Lipinski definition) is 1. The van der Waals surface area contributed by atoms with Crippen LogP contribution in [0.25, 0.3) is 5.70 Å². The minimum Gasteiger partial charge on any atom is -0.463 e. The molecule has 2 aliphatic rings. The second kappa shape index (κ2) is 11.8. The fourth-order valence-corrected chi connectivity index (χ4v) is 5.40. The van der Waals surface area contributed by atoms with Crippen molar-refractivity contribution < 1.29 is 14.3 Å². The van der Waals surface area contributed by atoms with Gasteiger partial charge in [0.2, 0.25) is 5.91 Å². The molecule has 2 aromatic carbocycles. The van der Waals surface area contributed by atoms with Gasteiger partial charge in [-0.15, -0.1) is 0 Å². The van der Waals surface area contributed by atoms with Crippen LogP contribution < -0.4 is 5.32 Å². The molecule has 2 heterocycles. The van der Waals surface area contributed by atoms with E-state index in [1.165, 1.54) is 11.8 Å². The molecule has 0 unspecified atom stereocenters. The van der Waals surface area contributed by atoms with Gasteiger partial charge in [0, 0.05) is 24.4 Å². The first kappa shape index (κ1) is 26.7. The highest BCUT2D eigenvalue weighted by atomic mass is 32.2. The maximum Gasteiger partial charge on any atom is 0.338 e. The molecule has 0 aliphatic carbocycles. The number of amides is 1. The van der Waals surface area contributed by atoms with Crippen molar-refractivity contribution in [2.75, 3.05) is 33.8 Å². The average Bonchev–Trinajstić information content (AvgIpc) is 3.27. The number of thioether (sulfide) groups is 1. The summed E-state index contributed by atoms with van der Waals surface area (Å²) < 4.78 is 5.59. The van der Waals surface area contributed by atoms with Crippen LogP contribution in [0.1, 0.15) is 41.6 Å². The van der Waals surface area contributed by atoms with Crippen LogP contribution in [0.5, 0.6) is 0 Å². The van der Waals surface area contributed by atoms with E-state index in [0.717, 1.165) is 39.7 Å². The van der Waals surface area contributed by atoms with Crippen molar-refractivity contribution in [3.05, 3.63) is 87.5 Å². The number of likely N-dealkylation sites (N-methyl/N-ethyl adjacent to an activating group) is 1. The van der Waals surface area contributed by atoms with Gasteiger partial charge < -0.3 is 19.9 Å². The Morgan fingerprint density at radius 3 is 2.59 bits per heavy atom. The Morgan fingerprint density at radius 1 is 1.14 bits per heavy atom. The molecule has 0 bridgehead atoms. The fourth-order valence-electron chi connectivity index (χ4n) is 4.48. The lowest BCUT2D eigenvalue weighted by molar-refractivity contribution is -0.139. The van der Waals surface area contributed by atoms with Crippen molar-refractivity contribution in [1.82, 2.24) is 15.1 Å². The smallest absolute Gasteiger partial charge is 0.338 e. The molecule has 0 fully saturated rings. The lowest BCUT2D eigenvalue weighted by Crippen LogP contribution is -2.39. The largest absolute Gasteiger partial charge is 0.463 e. The van der Waals surface area contributed by atoms with Crippen LogP contribution in [0.4, 0.5) is 0 Å². The highest BCUT2D eigenvalue weighted by Gasteiger charge is 2.42. The van der Waals surface area contributed by atoms with Gasteiger partial charge in [-0.25, -0.2) is 9.79 Å². The lowest BCUT2D eigenvalue weighted by atomic mass is 9.88. The number of nitrogens with zero attached hydrogens (tertiary/aromatic N) is 3. The van der Waals surface area contributed by atoms with Crippen molar-refractivity contribution in [3.8, 4) is 0 Å². The van der Waals surface area contributed by atoms with Gasteiger partial charge in [-0.1, -0.05) is 65.9 Å². The Bertz CT molecular complexity index is 1270. The van der Waals surface area contributed by atoms with E-state index in [-0.39, 0.29) is 18.9 Å². The van der Waals surface area contributed by atoms with Gasteiger partial charge in [-0.3, -0.25) is 4.79 Å². The predicted molar refractivity (Wildman–Crippen MR) is 150 cm³/mol. The van der Waals surface area contributed by atoms with E-state index >= 15 is 0 Å². The zero-order valence-corrected chi connectivity index (χ0v) is 22.9. The van der Waals surface area contributed by atoms with Crippen LogP contribution in [0.15, 0.2) is 70.2 Å². The molecule has 0 saturated heterocycles. The Balaban J connectivity index is 1.82. The maximum absolute atomic E-state index is 13.6. The Kier molecular flexibility index (Phi) is 8.51. The minimum absolute atomic E-state index is 0.0646. The molecule has 2 aliphatic heterocycles. The molecule has 7 nitrogen and oxygen atoms in total. The van der Waals surface area contributed by atoms with E-state index in [2.05, 4.69) is 23.5 Å². The van der Waals surface area contributed by atoms with Gasteiger partial charge in [-0.05, 0) is 51.4 Å². The zero-order chi connectivity index (χ0) is 26.5. The topological polar surface area (TPSA) is 74.2 Å². The van der Waals surface area contributed by atoms with Gasteiger partial charge in [0.05, 0.1) is 30.3 Å². The van der Waals surface area contributed by atoms with Gasteiger partial charge in [0.1, 0.15) is 0 Å². The number of nitrogens with one attached hydrogen (secondary N) is 1. The zero-order valence-electron chi connectivity index (χ0n) is 22.1. The van der Waals surface area contributed by atoms with Crippen LogP contribution in [0, 0.1) is 13.8 Å². The molecule has 1 amide bonds. The monoisotopic (exact) mass is 518 g/mol. The normalized spacial score (nSPS) is 16.9. The summed E-state index contributed by atoms with van der Waals surface area (Å²) in [5, 5.41) is 5.72. The molecule has 1 N–H and O–H groups in total. The second-order valence-electron chi connectivity index (χ2n) is 9.43. The first-order chi connectivity index (χ1) is 17.8. The summed E-state index contributed by atoms with van der Waals surface area (Å²) >= 11 is 1.48. The number of carbonyl (C=O) groups is 2. The number of aryl methyl sites for hydroxylation is 2. The third-order valence-electron chi connectivity index (χ3n) is 6.30. The lowest BCUT2D eigenvalue weighted by Gasteiger charge is -2.37. The quantitative estimate of drug-likeness (QED) is 0.488. The van der Waals surface area contributed by atoms with E-state index in [0.29, 0.717) is 17.8 Å². The van der Waals surface area contributed by atoms with Crippen molar-refractivity contribution >= 4 is 34.5 Å². The predicted octanol–water partition coefficient (Wildman–Crippen LogP) is 4.65. The third-order valence-corrected chi connectivity index (χ3v) is 7.19. The van der Waals surface area contributed by atoms with E-state index in [1.807, 2.05) is 73.5 Å². The maximum atomic E-state index is 13.6. The molecule has 0 radical (unpaired) electrons. The van der Waals surface area contributed by atoms with E-state index in [4.69, 9.17) is 9.73 Å². The molecule has 8 heteroatoms. The number of fused-ring (bicyclic) bond motifs is 1. The van der Waals surface area contributed by atoms with Gasteiger partial charge in [-0.2, -0.15) is 0 Å². The van der Waals surface area contributed by atoms with Crippen molar-refractivity contribution in [1.29, 1.82) is 0 Å². The van der Waals surface area contributed by atoms with Crippen molar-refractivity contribution in [3.63, 3.8) is 0 Å². The molecule has 194 valence electrons. The summed E-state index contributed by atoms with van der Waals surface area (Å²) in [6.07, 6.45) is 0.192.